The van der Waals surface area contributed by atoms with Gasteiger partial charge in [0.2, 0.25) is 11.8 Å². The maximum atomic E-state index is 11.5. The second-order valence-corrected chi connectivity index (χ2v) is 5.04. The molecule has 6 nitrogen and oxygen atoms in total. The number of anilines is 1. The Kier molecular flexibility index (Phi) is 7.76. The van der Waals surface area contributed by atoms with E-state index in [2.05, 4.69) is 10.6 Å². The van der Waals surface area contributed by atoms with Crippen molar-refractivity contribution in [3.05, 3.63) is 24.3 Å². The summed E-state index contributed by atoms with van der Waals surface area (Å²) in [4.78, 5) is 22.5. The highest BCUT2D eigenvalue weighted by Gasteiger charge is 2.20. The molecule has 0 aliphatic heterocycles. The van der Waals surface area contributed by atoms with Gasteiger partial charge in [0.25, 0.3) is 0 Å². The van der Waals surface area contributed by atoms with Crippen LogP contribution in [0.3, 0.4) is 0 Å². The fourth-order valence-corrected chi connectivity index (χ4v) is 1.43. The van der Waals surface area contributed by atoms with Crippen LogP contribution in [0.5, 0.6) is 5.75 Å². The lowest BCUT2D eigenvalue weighted by molar-refractivity contribution is -0.125. The van der Waals surface area contributed by atoms with Crippen LogP contribution in [0.2, 0.25) is 0 Å². The largest absolute Gasteiger partial charge is 0.492 e. The Morgan fingerprint density at radius 2 is 2.00 bits per heavy atom. The van der Waals surface area contributed by atoms with Crippen molar-refractivity contribution in [1.82, 2.24) is 5.32 Å². The van der Waals surface area contributed by atoms with Gasteiger partial charge in [-0.2, -0.15) is 0 Å². The van der Waals surface area contributed by atoms with Crippen molar-refractivity contribution in [2.45, 2.75) is 26.3 Å². The smallest absolute Gasteiger partial charge is 0.239 e. The fourth-order valence-electron chi connectivity index (χ4n) is 1.43. The van der Waals surface area contributed by atoms with Crippen LogP contribution in [0.4, 0.5) is 5.69 Å². The average molecular weight is 316 g/mol. The lowest BCUT2D eigenvalue weighted by Crippen LogP contribution is -2.49. The van der Waals surface area contributed by atoms with E-state index in [4.69, 9.17) is 10.5 Å². The summed E-state index contributed by atoms with van der Waals surface area (Å²) in [6, 6.07) is 7.05. The Hall–Kier alpha value is -1.79. The van der Waals surface area contributed by atoms with E-state index >= 15 is 0 Å². The molecular weight excluding hydrogens is 294 g/mol. The number of benzene rings is 1. The number of carbonyl (C=O) groups is 2. The van der Waals surface area contributed by atoms with E-state index in [-0.39, 0.29) is 24.2 Å². The molecule has 1 rings (SSSR count). The Labute approximate surface area is 130 Å². The minimum absolute atomic E-state index is 0. The molecule has 1 aromatic rings. The molecule has 1 aromatic carbocycles. The lowest BCUT2D eigenvalue weighted by atomic mass is 10.1. The van der Waals surface area contributed by atoms with Crippen molar-refractivity contribution in [1.29, 1.82) is 0 Å². The molecule has 0 aliphatic carbocycles. The lowest BCUT2D eigenvalue weighted by Gasteiger charge is -2.17. The van der Waals surface area contributed by atoms with Gasteiger partial charge in [0.1, 0.15) is 12.4 Å². The van der Waals surface area contributed by atoms with Gasteiger partial charge in [0.05, 0.1) is 12.1 Å². The van der Waals surface area contributed by atoms with Gasteiger partial charge in [-0.15, -0.1) is 12.4 Å². The maximum absolute atomic E-state index is 11.5. The number of carbonyl (C=O) groups excluding carboxylic acids is 2. The first-order valence-electron chi connectivity index (χ1n) is 6.36. The Morgan fingerprint density at radius 1 is 1.33 bits per heavy atom. The number of halogens is 1. The second-order valence-electron chi connectivity index (χ2n) is 5.04. The highest BCUT2D eigenvalue weighted by atomic mass is 35.5. The third-order valence-electron chi connectivity index (χ3n) is 2.40. The van der Waals surface area contributed by atoms with E-state index in [1.807, 2.05) is 0 Å². The number of nitrogens with one attached hydrogen (secondary N) is 2. The van der Waals surface area contributed by atoms with Gasteiger partial charge in [0, 0.05) is 18.7 Å². The molecule has 118 valence electrons. The van der Waals surface area contributed by atoms with E-state index in [1.165, 1.54) is 6.92 Å². The van der Waals surface area contributed by atoms with E-state index < -0.39 is 5.54 Å². The molecule has 0 saturated carbocycles. The van der Waals surface area contributed by atoms with Crippen LogP contribution in [0.1, 0.15) is 20.8 Å². The Bertz CT molecular complexity index is 487. The molecule has 0 fully saturated rings. The predicted octanol–water partition coefficient (Wildman–Crippen LogP) is 1.30. The standard InChI is InChI=1S/C14H21N3O3.ClH/c1-10(18)17-11-5-4-6-12(9-11)20-8-7-16-13(19)14(2,3)15;/h4-6,9H,7-8,15H2,1-3H3,(H,16,19)(H,17,18);1H. The molecular formula is C14H22ClN3O3. The summed E-state index contributed by atoms with van der Waals surface area (Å²) < 4.78 is 5.48. The zero-order valence-electron chi connectivity index (χ0n) is 12.4. The average Bonchev–Trinajstić information content (AvgIpc) is 2.32. The van der Waals surface area contributed by atoms with Crippen molar-refractivity contribution in [3.8, 4) is 5.75 Å². The van der Waals surface area contributed by atoms with Crippen molar-refractivity contribution in [2.75, 3.05) is 18.5 Å². The molecule has 0 saturated heterocycles. The molecule has 0 radical (unpaired) electrons. The minimum atomic E-state index is -0.897. The number of nitrogens with two attached hydrogens (primary N) is 1. The Balaban J connectivity index is 0.00000400. The number of hydrogen-bond acceptors (Lipinski definition) is 4. The molecule has 0 heterocycles. The third kappa shape index (κ3) is 7.53. The number of ether oxygens (including phenoxy) is 1. The Morgan fingerprint density at radius 3 is 2.57 bits per heavy atom. The van der Waals surface area contributed by atoms with E-state index in [0.29, 0.717) is 24.6 Å². The highest BCUT2D eigenvalue weighted by molar-refractivity contribution is 5.88. The first kappa shape index (κ1) is 19.2. The third-order valence-corrected chi connectivity index (χ3v) is 2.40. The van der Waals surface area contributed by atoms with Gasteiger partial charge in [-0.05, 0) is 26.0 Å². The molecule has 7 heteroatoms. The second kappa shape index (κ2) is 8.49. The zero-order valence-corrected chi connectivity index (χ0v) is 13.3. The van der Waals surface area contributed by atoms with Crippen molar-refractivity contribution < 1.29 is 14.3 Å². The normalized spacial score (nSPS) is 10.3. The molecule has 21 heavy (non-hydrogen) atoms. The molecule has 2 amide bonds. The van der Waals surface area contributed by atoms with Gasteiger partial charge in [0.15, 0.2) is 0 Å². The maximum Gasteiger partial charge on any atom is 0.239 e. The molecule has 0 spiro atoms. The topological polar surface area (TPSA) is 93.5 Å². The molecule has 0 atom stereocenters. The molecule has 0 aliphatic rings. The quantitative estimate of drug-likeness (QED) is 0.690. The molecule has 4 N–H and O–H groups in total. The minimum Gasteiger partial charge on any atom is -0.492 e. The number of hydrogen-bond donors (Lipinski definition) is 3. The van der Waals surface area contributed by atoms with Crippen molar-refractivity contribution in [2.24, 2.45) is 5.73 Å². The molecule has 0 unspecified atom stereocenters. The van der Waals surface area contributed by atoms with E-state index in [1.54, 1.807) is 38.1 Å². The number of rotatable bonds is 6. The van der Waals surface area contributed by atoms with Crippen LogP contribution in [-0.4, -0.2) is 30.5 Å². The van der Waals surface area contributed by atoms with Crippen LogP contribution in [0, 0.1) is 0 Å². The summed E-state index contributed by atoms with van der Waals surface area (Å²) in [7, 11) is 0. The predicted molar refractivity (Wildman–Crippen MR) is 84.8 cm³/mol. The van der Waals surface area contributed by atoms with Crippen molar-refractivity contribution in [3.63, 3.8) is 0 Å². The van der Waals surface area contributed by atoms with Gasteiger partial charge in [-0.3, -0.25) is 9.59 Å². The highest BCUT2D eigenvalue weighted by Crippen LogP contribution is 2.16. The number of amides is 2. The van der Waals surface area contributed by atoms with Gasteiger partial charge >= 0.3 is 0 Å². The van der Waals surface area contributed by atoms with Gasteiger partial charge in [-0.25, -0.2) is 0 Å². The SMILES string of the molecule is CC(=O)Nc1cccc(OCCNC(=O)C(C)(C)N)c1.Cl. The van der Waals surface area contributed by atoms with Crippen LogP contribution in [0.15, 0.2) is 24.3 Å². The first-order chi connectivity index (χ1) is 9.29. The molecule has 0 aromatic heterocycles. The van der Waals surface area contributed by atoms with Gasteiger partial charge < -0.3 is 21.1 Å². The van der Waals surface area contributed by atoms with Crippen LogP contribution >= 0.6 is 12.4 Å². The summed E-state index contributed by atoms with van der Waals surface area (Å²) in [5, 5.41) is 5.35. The van der Waals surface area contributed by atoms with Crippen LogP contribution in [0.25, 0.3) is 0 Å². The van der Waals surface area contributed by atoms with E-state index in [9.17, 15) is 9.59 Å². The molecule has 0 bridgehead atoms. The summed E-state index contributed by atoms with van der Waals surface area (Å²) >= 11 is 0. The first-order valence-corrected chi connectivity index (χ1v) is 6.36. The summed E-state index contributed by atoms with van der Waals surface area (Å²) in [5.41, 5.74) is 5.42. The van der Waals surface area contributed by atoms with Crippen LogP contribution in [-0.2, 0) is 9.59 Å². The van der Waals surface area contributed by atoms with E-state index in [0.717, 1.165) is 0 Å². The monoisotopic (exact) mass is 315 g/mol. The summed E-state index contributed by atoms with van der Waals surface area (Å²) in [6.07, 6.45) is 0. The van der Waals surface area contributed by atoms with Crippen LogP contribution < -0.4 is 21.1 Å². The summed E-state index contributed by atoms with van der Waals surface area (Å²) in [6.45, 7) is 5.41. The summed E-state index contributed by atoms with van der Waals surface area (Å²) in [5.74, 6) is 0.255. The fraction of sp³-hybridized carbons (Fsp3) is 0.429. The van der Waals surface area contributed by atoms with Gasteiger partial charge in [-0.1, -0.05) is 6.07 Å². The zero-order chi connectivity index (χ0) is 15.2. The van der Waals surface area contributed by atoms with Crippen molar-refractivity contribution >= 4 is 29.9 Å².